The number of aliphatic hydroxyl groups is 1. The standard InChI is InChI=1S/C16H24O2Si/c1-4-8-14(13-18)16(11-12-17)19(2,3)15-9-6-5-7-10-15/h4-7,9-10,13-14,16-17H,1,8,11-12H2,2-3H3/t14-,16-/m1/s1. The molecule has 1 N–H and O–H groups in total. The van der Waals surface area contributed by atoms with Crippen molar-refractivity contribution in [1.29, 1.82) is 0 Å². The van der Waals surface area contributed by atoms with Crippen molar-refractivity contribution in [3.63, 3.8) is 0 Å². The van der Waals surface area contributed by atoms with Crippen molar-refractivity contribution in [1.82, 2.24) is 0 Å². The van der Waals surface area contributed by atoms with E-state index in [0.717, 1.165) is 6.29 Å². The molecule has 0 spiro atoms. The van der Waals surface area contributed by atoms with E-state index < -0.39 is 8.07 Å². The number of rotatable bonds is 8. The Hall–Kier alpha value is -1.19. The summed E-state index contributed by atoms with van der Waals surface area (Å²) in [5.41, 5.74) is 0.246. The van der Waals surface area contributed by atoms with Gasteiger partial charge in [0.25, 0.3) is 0 Å². The van der Waals surface area contributed by atoms with E-state index in [2.05, 4.69) is 31.8 Å². The van der Waals surface area contributed by atoms with Gasteiger partial charge in [-0.05, 0) is 18.4 Å². The van der Waals surface area contributed by atoms with Crippen molar-refractivity contribution >= 4 is 19.5 Å². The molecule has 19 heavy (non-hydrogen) atoms. The van der Waals surface area contributed by atoms with Gasteiger partial charge in [0.15, 0.2) is 0 Å². The summed E-state index contributed by atoms with van der Waals surface area (Å²) in [6.07, 6.45) is 4.22. The predicted molar refractivity (Wildman–Crippen MR) is 83.4 cm³/mol. The fourth-order valence-corrected chi connectivity index (χ4v) is 6.45. The van der Waals surface area contributed by atoms with Crippen molar-refractivity contribution in [2.75, 3.05) is 6.61 Å². The Labute approximate surface area is 117 Å². The molecular formula is C16H24O2Si. The monoisotopic (exact) mass is 276 g/mol. The van der Waals surface area contributed by atoms with Gasteiger partial charge in [0.1, 0.15) is 6.29 Å². The van der Waals surface area contributed by atoms with Gasteiger partial charge in [-0.1, -0.05) is 54.7 Å². The number of carbonyl (C=O) groups is 1. The smallest absolute Gasteiger partial charge is 0.123 e. The van der Waals surface area contributed by atoms with Gasteiger partial charge in [-0.2, -0.15) is 0 Å². The third kappa shape index (κ3) is 3.88. The van der Waals surface area contributed by atoms with Crippen LogP contribution in [0.4, 0.5) is 0 Å². The summed E-state index contributed by atoms with van der Waals surface area (Å²) in [7, 11) is -1.79. The summed E-state index contributed by atoms with van der Waals surface area (Å²) in [5.74, 6) is -0.0356. The summed E-state index contributed by atoms with van der Waals surface area (Å²) in [5, 5.41) is 10.7. The van der Waals surface area contributed by atoms with E-state index in [4.69, 9.17) is 0 Å². The number of hydrogen-bond acceptors (Lipinski definition) is 2. The zero-order chi connectivity index (χ0) is 14.3. The van der Waals surface area contributed by atoms with Crippen LogP contribution in [0.5, 0.6) is 0 Å². The first-order valence-corrected chi connectivity index (χ1v) is 9.88. The van der Waals surface area contributed by atoms with E-state index in [9.17, 15) is 9.90 Å². The molecule has 0 bridgehead atoms. The molecule has 0 aliphatic rings. The van der Waals surface area contributed by atoms with Gasteiger partial charge >= 0.3 is 0 Å². The van der Waals surface area contributed by atoms with Crippen LogP contribution in [-0.2, 0) is 4.79 Å². The molecule has 1 rings (SSSR count). The largest absolute Gasteiger partial charge is 0.396 e. The predicted octanol–water partition coefficient (Wildman–Crippen LogP) is 2.75. The second-order valence-corrected chi connectivity index (χ2v) is 10.3. The average Bonchev–Trinajstić information content (AvgIpc) is 2.43. The Morgan fingerprint density at radius 3 is 2.42 bits per heavy atom. The molecule has 0 saturated heterocycles. The van der Waals surface area contributed by atoms with E-state index in [1.165, 1.54) is 5.19 Å². The quantitative estimate of drug-likeness (QED) is 0.450. The summed E-state index contributed by atoms with van der Waals surface area (Å²) < 4.78 is 0. The Morgan fingerprint density at radius 1 is 1.32 bits per heavy atom. The van der Waals surface area contributed by atoms with E-state index in [0.29, 0.717) is 12.8 Å². The van der Waals surface area contributed by atoms with Crippen LogP contribution in [0.25, 0.3) is 0 Å². The summed E-state index contributed by atoms with van der Waals surface area (Å²) >= 11 is 0. The van der Waals surface area contributed by atoms with Gasteiger partial charge in [-0.25, -0.2) is 0 Å². The van der Waals surface area contributed by atoms with Crippen molar-refractivity contribution in [3.05, 3.63) is 43.0 Å². The fraction of sp³-hybridized carbons (Fsp3) is 0.438. The van der Waals surface area contributed by atoms with Gasteiger partial charge in [0, 0.05) is 12.5 Å². The molecule has 1 aromatic rings. The van der Waals surface area contributed by atoms with Crippen LogP contribution in [0.1, 0.15) is 12.8 Å². The highest BCUT2D eigenvalue weighted by Gasteiger charge is 2.37. The lowest BCUT2D eigenvalue weighted by Gasteiger charge is -2.36. The molecule has 0 amide bonds. The van der Waals surface area contributed by atoms with Crippen molar-refractivity contribution < 1.29 is 9.90 Å². The van der Waals surface area contributed by atoms with Crippen LogP contribution in [0.2, 0.25) is 18.6 Å². The maximum atomic E-state index is 11.4. The minimum atomic E-state index is -1.79. The highest BCUT2D eigenvalue weighted by molar-refractivity contribution is 6.91. The molecule has 0 fully saturated rings. The average molecular weight is 276 g/mol. The zero-order valence-corrected chi connectivity index (χ0v) is 12.9. The van der Waals surface area contributed by atoms with E-state index in [1.54, 1.807) is 6.08 Å². The van der Waals surface area contributed by atoms with Crippen LogP contribution in [0.15, 0.2) is 43.0 Å². The fourth-order valence-electron chi connectivity index (χ4n) is 2.84. The van der Waals surface area contributed by atoms with E-state index in [1.807, 2.05) is 18.2 Å². The second-order valence-electron chi connectivity index (χ2n) is 5.53. The van der Waals surface area contributed by atoms with Crippen molar-refractivity contribution in [2.45, 2.75) is 31.5 Å². The molecule has 0 aromatic heterocycles. The minimum absolute atomic E-state index is 0.0356. The molecule has 0 aliphatic heterocycles. The van der Waals surface area contributed by atoms with Gasteiger partial charge in [-0.3, -0.25) is 0 Å². The maximum absolute atomic E-state index is 11.4. The zero-order valence-electron chi connectivity index (χ0n) is 11.9. The van der Waals surface area contributed by atoms with E-state index in [-0.39, 0.29) is 18.1 Å². The lowest BCUT2D eigenvalue weighted by atomic mass is 10.0. The van der Waals surface area contributed by atoms with Crippen LogP contribution in [0, 0.1) is 5.92 Å². The number of carbonyl (C=O) groups excluding carboxylic acids is 1. The third-order valence-corrected chi connectivity index (χ3v) is 8.41. The highest BCUT2D eigenvalue weighted by atomic mass is 28.3. The molecule has 3 heteroatoms. The normalized spacial score (nSPS) is 14.7. The Balaban J connectivity index is 3.08. The topological polar surface area (TPSA) is 37.3 Å². The maximum Gasteiger partial charge on any atom is 0.123 e. The van der Waals surface area contributed by atoms with Crippen LogP contribution in [-0.4, -0.2) is 26.1 Å². The molecule has 0 unspecified atom stereocenters. The molecule has 0 saturated carbocycles. The van der Waals surface area contributed by atoms with Gasteiger partial charge in [0.05, 0.1) is 8.07 Å². The lowest BCUT2D eigenvalue weighted by molar-refractivity contribution is -0.111. The Kier molecular flexibility index (Phi) is 6.19. The molecule has 104 valence electrons. The van der Waals surface area contributed by atoms with Crippen molar-refractivity contribution in [2.24, 2.45) is 5.92 Å². The molecule has 0 aliphatic carbocycles. The first-order valence-electron chi connectivity index (χ1n) is 6.80. The summed E-state index contributed by atoms with van der Waals surface area (Å²) in [6, 6.07) is 10.4. The van der Waals surface area contributed by atoms with Crippen molar-refractivity contribution in [3.8, 4) is 0 Å². The molecule has 2 atom stereocenters. The van der Waals surface area contributed by atoms with Crippen LogP contribution < -0.4 is 5.19 Å². The number of benzene rings is 1. The van der Waals surface area contributed by atoms with Gasteiger partial charge < -0.3 is 9.90 Å². The number of aliphatic hydroxyl groups excluding tert-OH is 1. The van der Waals surface area contributed by atoms with Gasteiger partial charge in [0.2, 0.25) is 0 Å². The van der Waals surface area contributed by atoms with Gasteiger partial charge in [-0.15, -0.1) is 6.58 Å². The third-order valence-electron chi connectivity index (χ3n) is 4.02. The first kappa shape index (κ1) is 15.9. The number of hydrogen-bond donors (Lipinski definition) is 1. The van der Waals surface area contributed by atoms with Crippen LogP contribution in [0.3, 0.4) is 0 Å². The molecular weight excluding hydrogens is 252 g/mol. The van der Waals surface area contributed by atoms with E-state index >= 15 is 0 Å². The minimum Gasteiger partial charge on any atom is -0.396 e. The number of allylic oxidation sites excluding steroid dienone is 1. The SMILES string of the molecule is C=CC[C@H](C=O)[C@@H](CCO)[Si](C)(C)c1ccccc1. The summed E-state index contributed by atoms with van der Waals surface area (Å²) in [6.45, 7) is 8.43. The Morgan fingerprint density at radius 2 is 1.95 bits per heavy atom. The molecule has 1 aromatic carbocycles. The lowest BCUT2D eigenvalue weighted by Crippen LogP contribution is -2.49. The summed E-state index contributed by atoms with van der Waals surface area (Å²) in [4.78, 5) is 11.4. The molecule has 0 radical (unpaired) electrons. The number of aldehydes is 1. The molecule has 2 nitrogen and oxygen atoms in total. The Bertz CT molecular complexity index is 400. The second kappa shape index (κ2) is 7.41. The highest BCUT2D eigenvalue weighted by Crippen LogP contribution is 2.34. The van der Waals surface area contributed by atoms with Crippen LogP contribution >= 0.6 is 0 Å². The first-order chi connectivity index (χ1) is 9.07. The molecule has 0 heterocycles.